The van der Waals surface area contributed by atoms with E-state index in [1.54, 1.807) is 0 Å². The van der Waals surface area contributed by atoms with Gasteiger partial charge in [-0.1, -0.05) is 38.4 Å². The Balaban J connectivity index is 2.10. The van der Waals surface area contributed by atoms with E-state index in [1.807, 2.05) is 0 Å². The minimum absolute atomic E-state index is 0.309. The van der Waals surface area contributed by atoms with Crippen molar-refractivity contribution in [2.24, 2.45) is 11.8 Å². The third kappa shape index (κ3) is 3.48. The van der Waals surface area contributed by atoms with Crippen molar-refractivity contribution in [1.82, 2.24) is 5.32 Å². The second kappa shape index (κ2) is 6.82. The predicted molar refractivity (Wildman–Crippen MR) is 88.7 cm³/mol. The second-order valence-electron chi connectivity index (χ2n) is 6.22. The molecule has 1 aliphatic heterocycles. The van der Waals surface area contributed by atoms with Crippen LogP contribution >= 0.6 is 11.6 Å². The van der Waals surface area contributed by atoms with Crippen molar-refractivity contribution < 1.29 is 0 Å². The molecule has 0 saturated carbocycles. The van der Waals surface area contributed by atoms with Crippen molar-refractivity contribution in [2.75, 3.05) is 24.5 Å². The second-order valence-corrected chi connectivity index (χ2v) is 6.63. The van der Waals surface area contributed by atoms with Crippen LogP contribution in [0.1, 0.15) is 45.7 Å². The topological polar surface area (TPSA) is 15.3 Å². The average molecular weight is 295 g/mol. The van der Waals surface area contributed by atoms with Crippen LogP contribution in [0, 0.1) is 11.8 Å². The third-order valence-corrected chi connectivity index (χ3v) is 4.82. The number of anilines is 1. The zero-order valence-electron chi connectivity index (χ0n) is 13.1. The van der Waals surface area contributed by atoms with E-state index in [2.05, 4.69) is 56.1 Å². The number of hydrogen-bond acceptors (Lipinski definition) is 2. The monoisotopic (exact) mass is 294 g/mol. The van der Waals surface area contributed by atoms with Crippen molar-refractivity contribution in [3.63, 3.8) is 0 Å². The first kappa shape index (κ1) is 15.7. The van der Waals surface area contributed by atoms with E-state index in [-0.39, 0.29) is 0 Å². The number of nitrogens with zero attached hydrogens (tertiary/aromatic N) is 1. The Morgan fingerprint density at radius 2 is 2.10 bits per heavy atom. The van der Waals surface area contributed by atoms with Gasteiger partial charge in [0.1, 0.15) is 0 Å². The van der Waals surface area contributed by atoms with Crippen LogP contribution in [0.15, 0.2) is 18.2 Å². The maximum Gasteiger partial charge on any atom is 0.0474 e. The van der Waals surface area contributed by atoms with Crippen molar-refractivity contribution in [3.05, 3.63) is 28.8 Å². The number of benzene rings is 1. The molecule has 2 nitrogen and oxygen atoms in total. The van der Waals surface area contributed by atoms with Crippen LogP contribution in [0.4, 0.5) is 5.69 Å². The van der Waals surface area contributed by atoms with Crippen LogP contribution in [-0.4, -0.2) is 19.6 Å². The molecule has 0 spiro atoms. The van der Waals surface area contributed by atoms with E-state index in [0.717, 1.165) is 36.5 Å². The van der Waals surface area contributed by atoms with Crippen LogP contribution in [0.5, 0.6) is 0 Å². The molecule has 2 atom stereocenters. The van der Waals surface area contributed by atoms with Crippen LogP contribution in [-0.2, 0) is 0 Å². The molecule has 0 radical (unpaired) electrons. The molecule has 1 saturated heterocycles. The molecule has 1 aromatic rings. The first-order valence-electron chi connectivity index (χ1n) is 7.80. The molecule has 0 aliphatic carbocycles. The fraction of sp³-hybridized carbons (Fsp3) is 0.647. The summed E-state index contributed by atoms with van der Waals surface area (Å²) in [4.78, 5) is 2.47. The molecule has 1 fully saturated rings. The Morgan fingerprint density at radius 3 is 2.65 bits per heavy atom. The number of nitrogens with one attached hydrogen (secondary N) is 1. The van der Waals surface area contributed by atoms with Gasteiger partial charge >= 0.3 is 0 Å². The lowest BCUT2D eigenvalue weighted by atomic mass is 9.95. The van der Waals surface area contributed by atoms with Gasteiger partial charge in [-0.2, -0.15) is 0 Å². The molecule has 2 rings (SSSR count). The molecule has 1 N–H and O–H groups in total. The summed E-state index contributed by atoms with van der Waals surface area (Å²) in [5, 5.41) is 4.29. The van der Waals surface area contributed by atoms with Crippen LogP contribution in [0.3, 0.4) is 0 Å². The molecule has 1 aliphatic rings. The summed E-state index contributed by atoms with van der Waals surface area (Å²) >= 11 is 6.47. The average Bonchev–Trinajstić information content (AvgIpc) is 2.88. The third-order valence-electron chi connectivity index (χ3n) is 4.49. The SMILES string of the molecule is CCNC(C)c1ccc(N2CCC(C(C)C)C2)cc1Cl. The summed E-state index contributed by atoms with van der Waals surface area (Å²) in [6.07, 6.45) is 1.30. The fourth-order valence-corrected chi connectivity index (χ4v) is 3.38. The lowest BCUT2D eigenvalue weighted by molar-refractivity contribution is 0.423. The summed E-state index contributed by atoms with van der Waals surface area (Å²) in [6.45, 7) is 12.2. The van der Waals surface area contributed by atoms with E-state index in [4.69, 9.17) is 11.6 Å². The van der Waals surface area contributed by atoms with Crippen molar-refractivity contribution >= 4 is 17.3 Å². The normalized spacial score (nSPS) is 20.7. The fourth-order valence-electron chi connectivity index (χ4n) is 3.05. The standard InChI is InChI=1S/C17H27ClN2/c1-5-19-13(4)16-7-6-15(10-17(16)18)20-9-8-14(11-20)12(2)3/h6-7,10,12-14,19H,5,8-9,11H2,1-4H3. The Hall–Kier alpha value is -0.730. The van der Waals surface area contributed by atoms with Crippen molar-refractivity contribution in [2.45, 2.75) is 40.2 Å². The van der Waals surface area contributed by atoms with E-state index in [0.29, 0.717) is 6.04 Å². The molecular formula is C17H27ClN2. The predicted octanol–water partition coefficient (Wildman–Crippen LogP) is 4.49. The Labute approximate surface area is 128 Å². The highest BCUT2D eigenvalue weighted by Gasteiger charge is 2.25. The van der Waals surface area contributed by atoms with Gasteiger partial charge in [-0.05, 0) is 49.4 Å². The minimum Gasteiger partial charge on any atom is -0.371 e. The van der Waals surface area contributed by atoms with E-state index < -0.39 is 0 Å². The molecule has 0 amide bonds. The molecule has 1 heterocycles. The Kier molecular flexibility index (Phi) is 5.34. The molecule has 112 valence electrons. The maximum atomic E-state index is 6.47. The summed E-state index contributed by atoms with van der Waals surface area (Å²) in [6, 6.07) is 6.84. The zero-order valence-corrected chi connectivity index (χ0v) is 13.9. The molecule has 2 unspecified atom stereocenters. The molecular weight excluding hydrogens is 268 g/mol. The van der Waals surface area contributed by atoms with Gasteiger partial charge in [0.2, 0.25) is 0 Å². The number of hydrogen-bond donors (Lipinski definition) is 1. The first-order valence-corrected chi connectivity index (χ1v) is 8.18. The molecule has 20 heavy (non-hydrogen) atoms. The Morgan fingerprint density at radius 1 is 1.35 bits per heavy atom. The van der Waals surface area contributed by atoms with Gasteiger partial charge in [0.25, 0.3) is 0 Å². The number of halogens is 1. The summed E-state index contributed by atoms with van der Waals surface area (Å²) < 4.78 is 0. The summed E-state index contributed by atoms with van der Waals surface area (Å²) in [5.41, 5.74) is 2.46. The smallest absolute Gasteiger partial charge is 0.0474 e. The first-order chi connectivity index (χ1) is 9.52. The van der Waals surface area contributed by atoms with Gasteiger partial charge in [0.05, 0.1) is 0 Å². The van der Waals surface area contributed by atoms with Crippen molar-refractivity contribution in [3.8, 4) is 0 Å². The Bertz CT molecular complexity index is 445. The highest BCUT2D eigenvalue weighted by Crippen LogP contribution is 2.32. The van der Waals surface area contributed by atoms with Gasteiger partial charge in [-0.3, -0.25) is 0 Å². The highest BCUT2D eigenvalue weighted by atomic mass is 35.5. The van der Waals surface area contributed by atoms with E-state index >= 15 is 0 Å². The highest BCUT2D eigenvalue weighted by molar-refractivity contribution is 6.31. The quantitative estimate of drug-likeness (QED) is 0.860. The van der Waals surface area contributed by atoms with E-state index in [1.165, 1.54) is 17.7 Å². The molecule has 0 aromatic heterocycles. The minimum atomic E-state index is 0.309. The van der Waals surface area contributed by atoms with Gasteiger partial charge in [0, 0.05) is 29.8 Å². The number of rotatable bonds is 5. The van der Waals surface area contributed by atoms with Gasteiger partial charge in [0.15, 0.2) is 0 Å². The molecule has 1 aromatic carbocycles. The summed E-state index contributed by atoms with van der Waals surface area (Å²) in [5.74, 6) is 1.58. The van der Waals surface area contributed by atoms with Gasteiger partial charge < -0.3 is 10.2 Å². The lowest BCUT2D eigenvalue weighted by Gasteiger charge is -2.22. The van der Waals surface area contributed by atoms with Crippen LogP contribution in [0.2, 0.25) is 5.02 Å². The molecule has 0 bridgehead atoms. The van der Waals surface area contributed by atoms with Crippen molar-refractivity contribution in [1.29, 1.82) is 0 Å². The zero-order chi connectivity index (χ0) is 14.7. The van der Waals surface area contributed by atoms with Gasteiger partial charge in [-0.15, -0.1) is 0 Å². The molecule has 3 heteroatoms. The van der Waals surface area contributed by atoms with Crippen LogP contribution in [0.25, 0.3) is 0 Å². The summed E-state index contributed by atoms with van der Waals surface area (Å²) in [7, 11) is 0. The largest absolute Gasteiger partial charge is 0.371 e. The maximum absolute atomic E-state index is 6.47. The van der Waals surface area contributed by atoms with E-state index in [9.17, 15) is 0 Å². The lowest BCUT2D eigenvalue weighted by Crippen LogP contribution is -2.22. The van der Waals surface area contributed by atoms with Crippen LogP contribution < -0.4 is 10.2 Å². The van der Waals surface area contributed by atoms with Gasteiger partial charge in [-0.25, -0.2) is 0 Å².